The third-order valence-electron chi connectivity index (χ3n) is 1.52. The van der Waals surface area contributed by atoms with Gasteiger partial charge in [0.15, 0.2) is 0 Å². The highest BCUT2D eigenvalue weighted by Crippen LogP contribution is 1.71. The second-order valence-corrected chi connectivity index (χ2v) is 2.41. The zero-order valence-corrected chi connectivity index (χ0v) is 8.83. The van der Waals surface area contributed by atoms with E-state index in [1.54, 1.807) is 6.20 Å². The van der Waals surface area contributed by atoms with Crippen molar-refractivity contribution in [2.75, 3.05) is 0 Å². The lowest BCUT2D eigenvalue weighted by molar-refractivity contribution is 1.18. The van der Waals surface area contributed by atoms with Crippen LogP contribution in [-0.2, 0) is 0 Å². The molecule has 0 aliphatic carbocycles. The average Bonchev–Trinajstić information content (AvgIpc) is 2.20. The number of nitrogens with two attached hydrogens (primary N) is 1. The van der Waals surface area contributed by atoms with E-state index in [4.69, 9.17) is 5.73 Å². The number of hydrogen-bond donors (Lipinski definition) is 1. The topological polar surface area (TPSA) is 38.9 Å². The minimum absolute atomic E-state index is 0.763. The smallest absolute Gasteiger partial charge is 0.0882 e. The second kappa shape index (κ2) is 6.23. The van der Waals surface area contributed by atoms with Crippen LogP contribution in [0, 0.1) is 0 Å². The lowest BCUT2D eigenvalue weighted by atomic mass is 10.3. The molecule has 0 atom stereocenters. The first-order valence-corrected chi connectivity index (χ1v) is 4.59. The van der Waals surface area contributed by atoms with Crippen LogP contribution in [0.4, 0.5) is 0 Å². The van der Waals surface area contributed by atoms with Gasteiger partial charge in [0.05, 0.1) is 5.35 Å². The predicted octanol–water partition coefficient (Wildman–Crippen LogP) is 0.995. The van der Waals surface area contributed by atoms with Crippen LogP contribution in [0.25, 0.3) is 11.8 Å². The van der Waals surface area contributed by atoms with Gasteiger partial charge in [-0.15, -0.1) is 0 Å². The van der Waals surface area contributed by atoms with E-state index in [0.717, 1.165) is 16.3 Å². The Morgan fingerprint density at radius 1 is 1.46 bits per heavy atom. The van der Waals surface area contributed by atoms with Crippen molar-refractivity contribution < 1.29 is 0 Å². The molecule has 0 bridgehead atoms. The Kier molecular flexibility index (Phi) is 5.60. The number of nitrogens with zero attached hydrogens (tertiary/aromatic N) is 1. The summed E-state index contributed by atoms with van der Waals surface area (Å²) in [7, 11) is 0. The van der Waals surface area contributed by atoms with E-state index in [1.807, 2.05) is 45.9 Å². The third-order valence-corrected chi connectivity index (χ3v) is 1.52. The summed E-state index contributed by atoms with van der Waals surface area (Å²) in [6.07, 6.45) is 3.75. The Morgan fingerprint density at radius 2 is 2.08 bits per heavy atom. The maximum Gasteiger partial charge on any atom is 0.0882 e. The molecule has 2 nitrogen and oxygen atoms in total. The molecule has 1 rings (SSSR count). The first kappa shape index (κ1) is 11.7. The van der Waals surface area contributed by atoms with Gasteiger partial charge in [0, 0.05) is 11.9 Å². The molecule has 0 unspecified atom stereocenters. The van der Waals surface area contributed by atoms with E-state index in [9.17, 15) is 0 Å². The van der Waals surface area contributed by atoms with Gasteiger partial charge >= 0.3 is 0 Å². The number of pyridine rings is 1. The zero-order chi connectivity index (χ0) is 10.3. The molecule has 13 heavy (non-hydrogen) atoms. The minimum Gasteiger partial charge on any atom is -0.401 e. The first-order chi connectivity index (χ1) is 6.25. The molecule has 0 fully saturated rings. The first-order valence-electron chi connectivity index (χ1n) is 4.59. The molecule has 0 saturated heterocycles. The van der Waals surface area contributed by atoms with Gasteiger partial charge in [0.1, 0.15) is 0 Å². The average molecular weight is 178 g/mol. The lowest BCUT2D eigenvalue weighted by Gasteiger charge is -1.90. The predicted molar refractivity (Wildman–Crippen MR) is 58.2 cm³/mol. The second-order valence-electron chi connectivity index (χ2n) is 2.41. The maximum atomic E-state index is 5.62. The van der Waals surface area contributed by atoms with Crippen molar-refractivity contribution >= 4 is 11.8 Å². The zero-order valence-electron chi connectivity index (χ0n) is 8.83. The molecule has 1 aromatic rings. The number of aromatic nitrogens is 1. The number of rotatable bonds is 0. The Balaban J connectivity index is 0.000000671. The highest BCUT2D eigenvalue weighted by molar-refractivity contribution is 5.36. The van der Waals surface area contributed by atoms with Crippen molar-refractivity contribution in [2.24, 2.45) is 5.73 Å². The Labute approximate surface area is 79.8 Å². The van der Waals surface area contributed by atoms with Gasteiger partial charge in [-0.25, -0.2) is 0 Å². The monoisotopic (exact) mass is 178 g/mol. The van der Waals surface area contributed by atoms with Crippen LogP contribution in [-0.4, -0.2) is 4.98 Å². The number of hydrogen-bond acceptors (Lipinski definition) is 2. The highest BCUT2D eigenvalue weighted by Gasteiger charge is 1.85. The molecule has 0 radical (unpaired) electrons. The summed E-state index contributed by atoms with van der Waals surface area (Å²) in [5.41, 5.74) is 6.39. The van der Waals surface area contributed by atoms with E-state index >= 15 is 0 Å². The van der Waals surface area contributed by atoms with Gasteiger partial charge in [-0.05, 0) is 25.1 Å². The fraction of sp³-hybridized carbons (Fsp3) is 0.364. The summed E-state index contributed by atoms with van der Waals surface area (Å²) >= 11 is 0. The summed E-state index contributed by atoms with van der Waals surface area (Å²) in [6.45, 7) is 7.83. The third kappa shape index (κ3) is 3.28. The molecule has 0 aliphatic rings. The SMILES string of the molecule is C/C=c1/cccn/c1=C(/C)N.CC. The molecule has 2 heteroatoms. The van der Waals surface area contributed by atoms with E-state index in [2.05, 4.69) is 4.98 Å². The summed E-state index contributed by atoms with van der Waals surface area (Å²) in [5, 5.41) is 1.97. The van der Waals surface area contributed by atoms with Crippen molar-refractivity contribution in [3.05, 3.63) is 28.9 Å². The Bertz CT molecular complexity index is 349. The molecule has 0 aliphatic heterocycles. The van der Waals surface area contributed by atoms with Gasteiger partial charge in [0.2, 0.25) is 0 Å². The standard InChI is InChI=1S/C9H12N2.C2H6/c1-3-8-5-4-6-11-9(8)7(2)10;1-2/h3-6H,10H2,1-2H3;1-2H3/b8-3-,9-7-;. The van der Waals surface area contributed by atoms with Crippen LogP contribution in [0.2, 0.25) is 0 Å². The van der Waals surface area contributed by atoms with Crippen LogP contribution in [0.15, 0.2) is 18.3 Å². The van der Waals surface area contributed by atoms with E-state index in [0.29, 0.717) is 0 Å². The van der Waals surface area contributed by atoms with Crippen molar-refractivity contribution in [2.45, 2.75) is 27.7 Å². The van der Waals surface area contributed by atoms with E-state index in [-0.39, 0.29) is 0 Å². The molecule has 0 spiro atoms. The normalized spacial score (nSPS) is 13.1. The lowest BCUT2D eigenvalue weighted by Crippen LogP contribution is -2.31. The van der Waals surface area contributed by atoms with Crippen LogP contribution in [0.1, 0.15) is 27.7 Å². The molecule has 72 valence electrons. The van der Waals surface area contributed by atoms with Crippen molar-refractivity contribution in [1.82, 2.24) is 4.98 Å². The molecule has 1 aromatic heterocycles. The van der Waals surface area contributed by atoms with Gasteiger partial charge in [-0.3, -0.25) is 4.98 Å². The minimum atomic E-state index is 0.763. The van der Waals surface area contributed by atoms with Gasteiger partial charge in [-0.1, -0.05) is 26.0 Å². The quantitative estimate of drug-likeness (QED) is 0.643. The molecule has 1 heterocycles. The maximum absolute atomic E-state index is 5.62. The van der Waals surface area contributed by atoms with Crippen LogP contribution in [0.5, 0.6) is 0 Å². The molecular weight excluding hydrogens is 160 g/mol. The fourth-order valence-corrected chi connectivity index (χ4v) is 0.980. The van der Waals surface area contributed by atoms with Crippen LogP contribution < -0.4 is 16.3 Å². The Hall–Kier alpha value is -1.31. The molecule has 0 saturated carbocycles. The van der Waals surface area contributed by atoms with E-state index < -0.39 is 0 Å². The van der Waals surface area contributed by atoms with Crippen LogP contribution in [0.3, 0.4) is 0 Å². The highest BCUT2D eigenvalue weighted by atomic mass is 14.7. The summed E-state index contributed by atoms with van der Waals surface area (Å²) in [6, 6.07) is 3.90. The summed E-state index contributed by atoms with van der Waals surface area (Å²) in [5.74, 6) is 0. The molecule has 0 amide bonds. The fourth-order valence-electron chi connectivity index (χ4n) is 0.980. The van der Waals surface area contributed by atoms with E-state index in [1.165, 1.54) is 0 Å². The summed E-state index contributed by atoms with van der Waals surface area (Å²) < 4.78 is 0. The van der Waals surface area contributed by atoms with Crippen LogP contribution >= 0.6 is 0 Å². The van der Waals surface area contributed by atoms with Crippen molar-refractivity contribution in [3.8, 4) is 0 Å². The molecule has 2 N–H and O–H groups in total. The van der Waals surface area contributed by atoms with Gasteiger partial charge in [0.25, 0.3) is 0 Å². The van der Waals surface area contributed by atoms with Gasteiger partial charge < -0.3 is 5.73 Å². The van der Waals surface area contributed by atoms with Gasteiger partial charge in [-0.2, -0.15) is 0 Å². The summed E-state index contributed by atoms with van der Waals surface area (Å²) in [4.78, 5) is 4.16. The Morgan fingerprint density at radius 3 is 2.46 bits per heavy atom. The molecule has 0 aromatic carbocycles. The molecular formula is C11H18N2. The van der Waals surface area contributed by atoms with Crippen molar-refractivity contribution in [1.29, 1.82) is 0 Å². The van der Waals surface area contributed by atoms with Crippen molar-refractivity contribution in [3.63, 3.8) is 0 Å². The largest absolute Gasteiger partial charge is 0.401 e.